The minimum absolute atomic E-state index is 0.0635. The van der Waals surface area contributed by atoms with Crippen LogP contribution in [-0.4, -0.2) is 15.3 Å². The topological polar surface area (TPSA) is 53.1 Å². The zero-order valence-corrected chi connectivity index (χ0v) is 13.6. The van der Waals surface area contributed by atoms with E-state index in [1.54, 1.807) is 12.1 Å². The Bertz CT molecular complexity index is 779. The standard InChI is InChI=1S/C17H17NO2S2/c19-11-5-3-8(4-6-11)12-13-9-1-2-10(7-9)14(13)21-16-15(12)22-17(20)18-16/h3-6,9-10,12-14,19H,1-2,7H2,(H,18,20)/t9-,10-,12-,13-,14-/m0/s1. The molecule has 1 aromatic carbocycles. The van der Waals surface area contributed by atoms with Crippen LogP contribution in [0.3, 0.4) is 0 Å². The van der Waals surface area contributed by atoms with Gasteiger partial charge >= 0.3 is 4.87 Å². The lowest BCUT2D eigenvalue weighted by molar-refractivity contribution is 0.307. The summed E-state index contributed by atoms with van der Waals surface area (Å²) in [6.07, 6.45) is 4.05. The van der Waals surface area contributed by atoms with E-state index in [0.29, 0.717) is 22.8 Å². The van der Waals surface area contributed by atoms with Crippen LogP contribution in [0, 0.1) is 17.8 Å². The van der Waals surface area contributed by atoms with Gasteiger partial charge in [-0.1, -0.05) is 23.5 Å². The zero-order valence-electron chi connectivity index (χ0n) is 12.0. The van der Waals surface area contributed by atoms with E-state index < -0.39 is 0 Å². The first-order valence-corrected chi connectivity index (χ1v) is 9.59. The number of fused-ring (bicyclic) bond motifs is 6. The number of aromatic hydroxyl groups is 1. The SMILES string of the molecule is O=c1[nH]c2c(s1)[C@@H](c1ccc(O)cc1)[C@@H]1[C@H]3CC[C@@H](C3)[C@@H]1S2. The number of aromatic nitrogens is 1. The molecule has 5 rings (SSSR count). The Labute approximate surface area is 136 Å². The van der Waals surface area contributed by atoms with Crippen molar-refractivity contribution < 1.29 is 5.11 Å². The van der Waals surface area contributed by atoms with E-state index >= 15 is 0 Å². The second-order valence-corrected chi connectivity index (χ2v) is 8.97. The predicted octanol–water partition coefficient (Wildman–Crippen LogP) is 3.79. The van der Waals surface area contributed by atoms with Gasteiger partial charge in [0.05, 0.1) is 5.03 Å². The number of thioether (sulfide) groups is 1. The summed E-state index contributed by atoms with van der Waals surface area (Å²) in [6, 6.07) is 7.61. The molecule has 0 saturated heterocycles. The minimum Gasteiger partial charge on any atom is -0.508 e. The maximum atomic E-state index is 11.9. The molecule has 2 N–H and O–H groups in total. The van der Waals surface area contributed by atoms with Gasteiger partial charge in [-0.25, -0.2) is 0 Å². The summed E-state index contributed by atoms with van der Waals surface area (Å²) in [5.41, 5.74) is 1.25. The second kappa shape index (κ2) is 4.65. The molecule has 0 spiro atoms. The quantitative estimate of drug-likeness (QED) is 0.836. The molecule has 1 aromatic heterocycles. The molecule has 0 radical (unpaired) electrons. The molecule has 2 fully saturated rings. The van der Waals surface area contributed by atoms with Crippen LogP contribution in [0.2, 0.25) is 0 Å². The number of nitrogens with one attached hydrogen (secondary N) is 1. The molecule has 3 nitrogen and oxygen atoms in total. The van der Waals surface area contributed by atoms with Gasteiger partial charge in [0.25, 0.3) is 0 Å². The second-order valence-electron chi connectivity index (χ2n) is 6.77. The van der Waals surface area contributed by atoms with E-state index in [0.717, 1.165) is 16.9 Å². The minimum atomic E-state index is 0.0635. The van der Waals surface area contributed by atoms with Crippen molar-refractivity contribution in [2.45, 2.75) is 35.5 Å². The first kappa shape index (κ1) is 13.3. The van der Waals surface area contributed by atoms with Crippen molar-refractivity contribution >= 4 is 23.1 Å². The number of rotatable bonds is 1. The first-order chi connectivity index (χ1) is 10.7. The summed E-state index contributed by atoms with van der Waals surface area (Å²) < 4.78 is 0. The predicted molar refractivity (Wildman–Crippen MR) is 88.9 cm³/mol. The lowest BCUT2D eigenvalue weighted by atomic mass is 9.75. The van der Waals surface area contributed by atoms with Crippen LogP contribution in [0.4, 0.5) is 0 Å². The molecule has 114 valence electrons. The molecule has 1 aliphatic heterocycles. The van der Waals surface area contributed by atoms with Gasteiger partial charge in [0.2, 0.25) is 0 Å². The number of phenolic OH excluding ortho intramolecular Hbond substituents is 1. The van der Waals surface area contributed by atoms with Crippen LogP contribution >= 0.6 is 23.1 Å². The molecular formula is C17H17NO2S2. The molecule has 2 bridgehead atoms. The average Bonchev–Trinajstić information content (AvgIpc) is 3.19. The molecule has 3 aliphatic rings. The molecule has 2 heterocycles. The maximum absolute atomic E-state index is 11.9. The Morgan fingerprint density at radius 2 is 1.91 bits per heavy atom. The number of hydrogen-bond acceptors (Lipinski definition) is 4. The molecule has 22 heavy (non-hydrogen) atoms. The average molecular weight is 331 g/mol. The van der Waals surface area contributed by atoms with Gasteiger partial charge < -0.3 is 10.1 Å². The molecule has 0 unspecified atom stereocenters. The number of aromatic amines is 1. The van der Waals surface area contributed by atoms with Gasteiger partial charge in [-0.05, 0) is 54.7 Å². The lowest BCUT2D eigenvalue weighted by Crippen LogP contribution is -2.33. The van der Waals surface area contributed by atoms with E-state index in [1.807, 2.05) is 23.9 Å². The number of H-pyrrole nitrogens is 1. The van der Waals surface area contributed by atoms with E-state index in [1.165, 1.54) is 41.0 Å². The third-order valence-electron chi connectivity index (χ3n) is 5.72. The fourth-order valence-electron chi connectivity index (χ4n) is 4.90. The van der Waals surface area contributed by atoms with Crippen molar-refractivity contribution in [3.8, 4) is 5.75 Å². The van der Waals surface area contributed by atoms with Crippen molar-refractivity contribution in [1.29, 1.82) is 0 Å². The number of phenols is 1. The molecule has 0 amide bonds. The Morgan fingerprint density at radius 1 is 1.14 bits per heavy atom. The van der Waals surface area contributed by atoms with E-state index in [2.05, 4.69) is 4.98 Å². The highest BCUT2D eigenvalue weighted by Crippen LogP contribution is 2.63. The third-order valence-corrected chi connectivity index (χ3v) is 8.34. The molecule has 2 aromatic rings. The molecule has 5 atom stereocenters. The smallest absolute Gasteiger partial charge is 0.305 e. The van der Waals surface area contributed by atoms with Crippen molar-refractivity contribution in [1.82, 2.24) is 4.98 Å². The Hall–Kier alpha value is -1.20. The van der Waals surface area contributed by atoms with Crippen molar-refractivity contribution in [3.63, 3.8) is 0 Å². The highest BCUT2D eigenvalue weighted by atomic mass is 32.2. The highest BCUT2D eigenvalue weighted by Gasteiger charge is 2.54. The Kier molecular flexibility index (Phi) is 2.80. The van der Waals surface area contributed by atoms with Crippen molar-refractivity contribution in [2.24, 2.45) is 17.8 Å². The normalized spacial score (nSPS) is 35.4. The fourth-order valence-corrected chi connectivity index (χ4v) is 7.80. The fraction of sp³-hybridized carbons (Fsp3) is 0.471. The summed E-state index contributed by atoms with van der Waals surface area (Å²) in [6.45, 7) is 0. The Balaban J connectivity index is 1.68. The van der Waals surface area contributed by atoms with Gasteiger partial charge in [-0.2, -0.15) is 0 Å². The van der Waals surface area contributed by atoms with Crippen LogP contribution in [0.15, 0.2) is 34.1 Å². The maximum Gasteiger partial charge on any atom is 0.305 e. The summed E-state index contributed by atoms with van der Waals surface area (Å²) in [4.78, 5) is 16.2. The summed E-state index contributed by atoms with van der Waals surface area (Å²) in [5, 5.41) is 11.3. The zero-order chi connectivity index (χ0) is 14.8. The van der Waals surface area contributed by atoms with Crippen LogP contribution < -0.4 is 4.87 Å². The highest BCUT2D eigenvalue weighted by molar-refractivity contribution is 8.00. The van der Waals surface area contributed by atoms with E-state index in [9.17, 15) is 9.90 Å². The number of benzene rings is 1. The molecule has 2 saturated carbocycles. The van der Waals surface area contributed by atoms with Crippen molar-refractivity contribution in [3.05, 3.63) is 44.4 Å². The monoisotopic (exact) mass is 331 g/mol. The van der Waals surface area contributed by atoms with Gasteiger partial charge in [0, 0.05) is 16.0 Å². The van der Waals surface area contributed by atoms with Crippen LogP contribution in [-0.2, 0) is 0 Å². The lowest BCUT2D eigenvalue weighted by Gasteiger charge is -2.40. The number of thiazole rings is 1. The van der Waals surface area contributed by atoms with Crippen LogP contribution in [0.5, 0.6) is 5.75 Å². The van der Waals surface area contributed by atoms with E-state index in [-0.39, 0.29) is 4.87 Å². The van der Waals surface area contributed by atoms with Crippen LogP contribution in [0.25, 0.3) is 0 Å². The van der Waals surface area contributed by atoms with Crippen LogP contribution in [0.1, 0.15) is 35.6 Å². The van der Waals surface area contributed by atoms with Gasteiger partial charge in [0.15, 0.2) is 0 Å². The molecule has 2 aliphatic carbocycles. The van der Waals surface area contributed by atoms with Gasteiger partial charge in [0.1, 0.15) is 5.75 Å². The molecular weight excluding hydrogens is 314 g/mol. The number of hydrogen-bond donors (Lipinski definition) is 2. The van der Waals surface area contributed by atoms with E-state index in [4.69, 9.17) is 0 Å². The Morgan fingerprint density at radius 3 is 2.73 bits per heavy atom. The molecule has 5 heteroatoms. The van der Waals surface area contributed by atoms with Gasteiger partial charge in [-0.15, -0.1) is 11.8 Å². The third kappa shape index (κ3) is 1.78. The van der Waals surface area contributed by atoms with Gasteiger partial charge in [-0.3, -0.25) is 4.79 Å². The van der Waals surface area contributed by atoms with Crippen molar-refractivity contribution in [2.75, 3.05) is 0 Å². The summed E-state index contributed by atoms with van der Waals surface area (Å²) >= 11 is 3.30. The summed E-state index contributed by atoms with van der Waals surface area (Å²) in [5.74, 6) is 2.89. The summed E-state index contributed by atoms with van der Waals surface area (Å²) in [7, 11) is 0. The first-order valence-electron chi connectivity index (χ1n) is 7.89. The largest absolute Gasteiger partial charge is 0.508 e.